The standard InChI is InChI=1S/C13H20N2O2/c1-4-13(3,17)9-14-11-5-7-12(8-6-11)15-10(2)16/h5-8,14,17H,4,9H2,1-3H3,(H,15,16). The van der Waals surface area contributed by atoms with Crippen molar-refractivity contribution in [1.82, 2.24) is 0 Å². The summed E-state index contributed by atoms with van der Waals surface area (Å²) in [5, 5.41) is 15.7. The summed E-state index contributed by atoms with van der Waals surface area (Å²) in [5.41, 5.74) is 0.995. The van der Waals surface area contributed by atoms with E-state index in [-0.39, 0.29) is 5.91 Å². The quantitative estimate of drug-likeness (QED) is 0.734. The van der Waals surface area contributed by atoms with Gasteiger partial charge in [0, 0.05) is 24.8 Å². The fraction of sp³-hybridized carbons (Fsp3) is 0.462. The van der Waals surface area contributed by atoms with Gasteiger partial charge in [0.1, 0.15) is 0 Å². The van der Waals surface area contributed by atoms with Crippen LogP contribution < -0.4 is 10.6 Å². The first-order valence-electron chi connectivity index (χ1n) is 5.77. The molecule has 0 saturated carbocycles. The van der Waals surface area contributed by atoms with Crippen LogP contribution in [0.25, 0.3) is 0 Å². The molecule has 0 spiro atoms. The number of hydrogen-bond donors (Lipinski definition) is 3. The van der Waals surface area contributed by atoms with E-state index in [1.165, 1.54) is 6.92 Å². The van der Waals surface area contributed by atoms with Gasteiger partial charge in [-0.3, -0.25) is 4.79 Å². The molecule has 0 fully saturated rings. The van der Waals surface area contributed by atoms with E-state index in [0.717, 1.165) is 11.4 Å². The Kier molecular flexibility index (Phi) is 4.52. The molecule has 1 aromatic carbocycles. The molecule has 94 valence electrons. The summed E-state index contributed by atoms with van der Waals surface area (Å²) in [6.07, 6.45) is 0.698. The second-order valence-electron chi connectivity index (χ2n) is 4.46. The average Bonchev–Trinajstić information content (AvgIpc) is 2.28. The minimum Gasteiger partial charge on any atom is -0.388 e. The molecular weight excluding hydrogens is 216 g/mol. The Bertz CT molecular complexity index is 372. The number of carbonyl (C=O) groups is 1. The van der Waals surface area contributed by atoms with Crippen molar-refractivity contribution in [3.63, 3.8) is 0 Å². The van der Waals surface area contributed by atoms with Crippen molar-refractivity contribution >= 4 is 17.3 Å². The van der Waals surface area contributed by atoms with Crippen molar-refractivity contribution in [2.24, 2.45) is 0 Å². The van der Waals surface area contributed by atoms with E-state index in [1.807, 2.05) is 31.2 Å². The van der Waals surface area contributed by atoms with Crippen molar-refractivity contribution in [3.8, 4) is 0 Å². The highest BCUT2D eigenvalue weighted by molar-refractivity contribution is 5.88. The number of nitrogens with one attached hydrogen (secondary N) is 2. The molecule has 0 aromatic heterocycles. The normalized spacial score (nSPS) is 13.9. The third kappa shape index (κ3) is 4.87. The number of carbonyl (C=O) groups excluding carboxylic acids is 1. The highest BCUT2D eigenvalue weighted by Gasteiger charge is 2.16. The van der Waals surface area contributed by atoms with Gasteiger partial charge in [-0.2, -0.15) is 0 Å². The lowest BCUT2D eigenvalue weighted by Gasteiger charge is -2.22. The minimum absolute atomic E-state index is 0.0837. The van der Waals surface area contributed by atoms with Crippen molar-refractivity contribution in [1.29, 1.82) is 0 Å². The molecule has 1 aromatic rings. The van der Waals surface area contributed by atoms with E-state index in [9.17, 15) is 9.90 Å². The van der Waals surface area contributed by atoms with Gasteiger partial charge in [-0.05, 0) is 37.6 Å². The number of amides is 1. The molecule has 0 saturated heterocycles. The van der Waals surface area contributed by atoms with Gasteiger partial charge in [0.25, 0.3) is 0 Å². The van der Waals surface area contributed by atoms with Gasteiger partial charge in [-0.25, -0.2) is 0 Å². The molecule has 4 heteroatoms. The van der Waals surface area contributed by atoms with Crippen LogP contribution in [-0.4, -0.2) is 23.2 Å². The second kappa shape index (κ2) is 5.68. The van der Waals surface area contributed by atoms with Crippen LogP contribution in [0.5, 0.6) is 0 Å². The fourth-order valence-corrected chi connectivity index (χ4v) is 1.29. The van der Waals surface area contributed by atoms with Crippen LogP contribution in [0.2, 0.25) is 0 Å². The Hall–Kier alpha value is -1.55. The number of benzene rings is 1. The van der Waals surface area contributed by atoms with Gasteiger partial charge in [0.05, 0.1) is 5.60 Å². The molecule has 0 aliphatic carbocycles. The van der Waals surface area contributed by atoms with Crippen LogP contribution in [0.15, 0.2) is 24.3 Å². The zero-order chi connectivity index (χ0) is 12.9. The molecule has 17 heavy (non-hydrogen) atoms. The molecule has 0 bridgehead atoms. The number of hydrogen-bond acceptors (Lipinski definition) is 3. The molecule has 4 nitrogen and oxygen atoms in total. The maximum absolute atomic E-state index is 10.8. The Labute approximate surface area is 102 Å². The molecular formula is C13H20N2O2. The van der Waals surface area contributed by atoms with E-state index in [1.54, 1.807) is 6.92 Å². The van der Waals surface area contributed by atoms with Gasteiger partial charge in [-0.1, -0.05) is 6.92 Å². The molecule has 3 N–H and O–H groups in total. The fourth-order valence-electron chi connectivity index (χ4n) is 1.29. The van der Waals surface area contributed by atoms with Crippen LogP contribution in [0, 0.1) is 0 Å². The maximum atomic E-state index is 10.8. The van der Waals surface area contributed by atoms with Crippen LogP contribution in [-0.2, 0) is 4.79 Å². The first-order valence-corrected chi connectivity index (χ1v) is 5.77. The number of anilines is 2. The zero-order valence-corrected chi connectivity index (χ0v) is 10.6. The van der Waals surface area contributed by atoms with E-state index in [4.69, 9.17) is 0 Å². The summed E-state index contributed by atoms with van der Waals surface area (Å²) >= 11 is 0. The average molecular weight is 236 g/mol. The van der Waals surface area contributed by atoms with Gasteiger partial charge in [-0.15, -0.1) is 0 Å². The van der Waals surface area contributed by atoms with E-state index < -0.39 is 5.60 Å². The molecule has 1 amide bonds. The lowest BCUT2D eigenvalue weighted by atomic mass is 10.0. The summed E-state index contributed by atoms with van der Waals surface area (Å²) < 4.78 is 0. The van der Waals surface area contributed by atoms with Crippen molar-refractivity contribution in [2.45, 2.75) is 32.8 Å². The molecule has 1 atom stereocenters. The number of aliphatic hydroxyl groups is 1. The summed E-state index contributed by atoms with van der Waals surface area (Å²) in [7, 11) is 0. The van der Waals surface area contributed by atoms with Crippen LogP contribution in [0.4, 0.5) is 11.4 Å². The van der Waals surface area contributed by atoms with Crippen LogP contribution >= 0.6 is 0 Å². The highest BCUT2D eigenvalue weighted by Crippen LogP contribution is 2.15. The molecule has 0 radical (unpaired) electrons. The predicted molar refractivity (Wildman–Crippen MR) is 70.2 cm³/mol. The van der Waals surface area contributed by atoms with E-state index in [0.29, 0.717) is 13.0 Å². The van der Waals surface area contributed by atoms with Gasteiger partial charge in [0.15, 0.2) is 0 Å². The second-order valence-corrected chi connectivity index (χ2v) is 4.46. The summed E-state index contributed by atoms with van der Waals surface area (Å²) in [6, 6.07) is 7.39. The molecule has 0 heterocycles. The van der Waals surface area contributed by atoms with E-state index in [2.05, 4.69) is 10.6 Å². The highest BCUT2D eigenvalue weighted by atomic mass is 16.3. The number of rotatable bonds is 5. The van der Waals surface area contributed by atoms with Gasteiger partial charge >= 0.3 is 0 Å². The van der Waals surface area contributed by atoms with E-state index >= 15 is 0 Å². The summed E-state index contributed by atoms with van der Waals surface area (Å²) in [5.74, 6) is -0.0837. The first kappa shape index (κ1) is 13.5. The monoisotopic (exact) mass is 236 g/mol. The topological polar surface area (TPSA) is 61.4 Å². The molecule has 1 rings (SSSR count). The van der Waals surface area contributed by atoms with Crippen molar-refractivity contribution in [3.05, 3.63) is 24.3 Å². The third-order valence-electron chi connectivity index (χ3n) is 2.64. The lowest BCUT2D eigenvalue weighted by Crippen LogP contribution is -2.32. The van der Waals surface area contributed by atoms with Crippen LogP contribution in [0.1, 0.15) is 27.2 Å². The summed E-state index contributed by atoms with van der Waals surface area (Å²) in [6.45, 7) is 5.72. The smallest absolute Gasteiger partial charge is 0.221 e. The Balaban J connectivity index is 2.54. The Morgan fingerprint density at radius 2 is 1.82 bits per heavy atom. The minimum atomic E-state index is -0.698. The Morgan fingerprint density at radius 1 is 1.29 bits per heavy atom. The maximum Gasteiger partial charge on any atom is 0.221 e. The summed E-state index contributed by atoms with van der Waals surface area (Å²) in [4.78, 5) is 10.8. The molecule has 0 aliphatic rings. The van der Waals surface area contributed by atoms with Gasteiger partial charge in [0.2, 0.25) is 5.91 Å². The SMILES string of the molecule is CCC(C)(O)CNc1ccc(NC(C)=O)cc1. The molecule has 1 unspecified atom stereocenters. The zero-order valence-electron chi connectivity index (χ0n) is 10.6. The first-order chi connectivity index (χ1) is 7.93. The van der Waals surface area contributed by atoms with Gasteiger partial charge < -0.3 is 15.7 Å². The molecule has 0 aliphatic heterocycles. The predicted octanol–water partition coefficient (Wildman–Crippen LogP) is 2.22. The van der Waals surface area contributed by atoms with Crippen molar-refractivity contribution < 1.29 is 9.90 Å². The lowest BCUT2D eigenvalue weighted by molar-refractivity contribution is -0.114. The Morgan fingerprint density at radius 3 is 2.29 bits per heavy atom. The third-order valence-corrected chi connectivity index (χ3v) is 2.64. The largest absolute Gasteiger partial charge is 0.388 e. The van der Waals surface area contributed by atoms with Crippen molar-refractivity contribution in [2.75, 3.05) is 17.2 Å². The van der Waals surface area contributed by atoms with Crippen LogP contribution in [0.3, 0.4) is 0 Å².